The zero-order chi connectivity index (χ0) is 13.0. The topological polar surface area (TPSA) is 69.8 Å². The molecule has 0 unspecified atom stereocenters. The molecule has 1 heterocycles. The molecule has 0 aliphatic carbocycles. The van der Waals surface area contributed by atoms with Gasteiger partial charge in [-0.05, 0) is 31.2 Å². The molecule has 0 radical (unpaired) electrons. The number of anilines is 1. The summed E-state index contributed by atoms with van der Waals surface area (Å²) in [7, 11) is 1.84. The third kappa shape index (κ3) is 2.68. The number of carbonyl (C=O) groups excluding carboxylic acids is 1. The molecule has 0 aliphatic rings. The van der Waals surface area contributed by atoms with Crippen LogP contribution >= 0.6 is 0 Å². The van der Waals surface area contributed by atoms with Gasteiger partial charge < -0.3 is 10.6 Å². The van der Waals surface area contributed by atoms with E-state index < -0.39 is 0 Å². The smallest absolute Gasteiger partial charge is 0.251 e. The van der Waals surface area contributed by atoms with E-state index in [-0.39, 0.29) is 5.91 Å². The number of aromatic amines is 1. The number of carbonyl (C=O) groups is 1. The van der Waals surface area contributed by atoms with Gasteiger partial charge in [-0.15, -0.1) is 0 Å². The molecule has 0 saturated heterocycles. The molecule has 1 amide bonds. The van der Waals surface area contributed by atoms with Crippen LogP contribution in [0.1, 0.15) is 21.6 Å². The molecule has 0 bridgehead atoms. The molecular weight excluding hydrogens is 228 g/mol. The summed E-state index contributed by atoms with van der Waals surface area (Å²) in [6.07, 6.45) is 1.72. The molecule has 5 heteroatoms. The summed E-state index contributed by atoms with van der Waals surface area (Å²) in [6.45, 7) is 2.41. The van der Waals surface area contributed by atoms with Crippen molar-refractivity contribution in [2.45, 2.75) is 13.5 Å². The highest BCUT2D eigenvalue weighted by molar-refractivity contribution is 5.94. The number of aromatic nitrogens is 2. The largest absolute Gasteiger partial charge is 0.388 e. The van der Waals surface area contributed by atoms with Gasteiger partial charge in [0, 0.05) is 36.1 Å². The van der Waals surface area contributed by atoms with Crippen LogP contribution in [0.4, 0.5) is 5.69 Å². The van der Waals surface area contributed by atoms with E-state index in [2.05, 4.69) is 20.8 Å². The van der Waals surface area contributed by atoms with Crippen LogP contribution in [0.15, 0.2) is 30.5 Å². The van der Waals surface area contributed by atoms with Gasteiger partial charge in [0.25, 0.3) is 5.91 Å². The highest BCUT2D eigenvalue weighted by Crippen LogP contribution is 2.09. The van der Waals surface area contributed by atoms with Crippen LogP contribution in [-0.2, 0) is 6.54 Å². The van der Waals surface area contributed by atoms with Crippen LogP contribution in [0.2, 0.25) is 0 Å². The Hall–Kier alpha value is -2.30. The predicted molar refractivity (Wildman–Crippen MR) is 70.5 cm³/mol. The lowest BCUT2D eigenvalue weighted by Gasteiger charge is -2.05. The first kappa shape index (κ1) is 12.2. The van der Waals surface area contributed by atoms with Gasteiger partial charge in [-0.1, -0.05) is 0 Å². The summed E-state index contributed by atoms with van der Waals surface area (Å²) in [5.74, 6) is -0.0850. The first-order valence-corrected chi connectivity index (χ1v) is 5.75. The lowest BCUT2D eigenvalue weighted by molar-refractivity contribution is 0.0951. The maximum Gasteiger partial charge on any atom is 0.251 e. The number of hydrogen-bond donors (Lipinski definition) is 3. The summed E-state index contributed by atoms with van der Waals surface area (Å²) >= 11 is 0. The van der Waals surface area contributed by atoms with Crippen LogP contribution in [0.3, 0.4) is 0 Å². The lowest BCUT2D eigenvalue weighted by Crippen LogP contribution is -2.22. The van der Waals surface area contributed by atoms with Gasteiger partial charge in [-0.25, -0.2) is 0 Å². The SMILES string of the molecule is CNc1ccc(C(=O)NCc2cn[nH]c2C)cc1. The molecule has 0 saturated carbocycles. The van der Waals surface area contributed by atoms with E-state index in [4.69, 9.17) is 0 Å². The van der Waals surface area contributed by atoms with Crippen molar-refractivity contribution < 1.29 is 4.79 Å². The van der Waals surface area contributed by atoms with E-state index in [0.29, 0.717) is 12.1 Å². The maximum atomic E-state index is 11.9. The average Bonchev–Trinajstić information content (AvgIpc) is 2.81. The molecule has 5 nitrogen and oxygen atoms in total. The summed E-state index contributed by atoms with van der Waals surface area (Å²) in [4.78, 5) is 11.9. The van der Waals surface area contributed by atoms with Gasteiger partial charge in [-0.2, -0.15) is 5.10 Å². The maximum absolute atomic E-state index is 11.9. The zero-order valence-electron chi connectivity index (χ0n) is 10.4. The van der Waals surface area contributed by atoms with Crippen LogP contribution < -0.4 is 10.6 Å². The fourth-order valence-corrected chi connectivity index (χ4v) is 1.62. The third-order valence-corrected chi connectivity index (χ3v) is 2.81. The number of H-pyrrole nitrogens is 1. The van der Waals surface area contributed by atoms with E-state index in [1.54, 1.807) is 18.3 Å². The molecule has 94 valence electrons. The van der Waals surface area contributed by atoms with E-state index in [1.807, 2.05) is 26.1 Å². The summed E-state index contributed by atoms with van der Waals surface area (Å²) < 4.78 is 0. The second kappa shape index (κ2) is 5.35. The quantitative estimate of drug-likeness (QED) is 0.766. The number of benzene rings is 1. The minimum atomic E-state index is -0.0850. The van der Waals surface area contributed by atoms with Gasteiger partial charge in [0.05, 0.1) is 6.20 Å². The predicted octanol–water partition coefficient (Wildman–Crippen LogP) is 1.69. The molecule has 0 spiro atoms. The number of nitrogens with one attached hydrogen (secondary N) is 3. The molecule has 3 N–H and O–H groups in total. The Morgan fingerprint density at radius 2 is 2.06 bits per heavy atom. The van der Waals surface area contributed by atoms with Crippen molar-refractivity contribution in [2.24, 2.45) is 0 Å². The molecule has 0 aliphatic heterocycles. The standard InChI is InChI=1S/C13H16N4O/c1-9-11(8-16-17-9)7-15-13(18)10-3-5-12(14-2)6-4-10/h3-6,8,14H,7H2,1-2H3,(H,15,18)(H,16,17). The van der Waals surface area contributed by atoms with Crippen LogP contribution in [0.5, 0.6) is 0 Å². The fraction of sp³-hybridized carbons (Fsp3) is 0.231. The fourth-order valence-electron chi connectivity index (χ4n) is 1.62. The minimum Gasteiger partial charge on any atom is -0.388 e. The van der Waals surface area contributed by atoms with Crippen molar-refractivity contribution in [2.75, 3.05) is 12.4 Å². The first-order valence-electron chi connectivity index (χ1n) is 5.75. The number of nitrogens with zero attached hydrogens (tertiary/aromatic N) is 1. The van der Waals surface area contributed by atoms with Crippen molar-refractivity contribution in [3.05, 3.63) is 47.3 Å². The Morgan fingerprint density at radius 3 is 2.61 bits per heavy atom. The monoisotopic (exact) mass is 244 g/mol. The van der Waals surface area contributed by atoms with Gasteiger partial charge in [-0.3, -0.25) is 9.89 Å². The molecule has 1 aromatic heterocycles. The Bertz CT molecular complexity index is 530. The van der Waals surface area contributed by atoms with Crippen molar-refractivity contribution in [3.8, 4) is 0 Å². The van der Waals surface area contributed by atoms with Gasteiger partial charge >= 0.3 is 0 Å². The molecule has 2 rings (SSSR count). The van der Waals surface area contributed by atoms with Gasteiger partial charge in [0.15, 0.2) is 0 Å². The summed E-state index contributed by atoms with van der Waals surface area (Å²) in [6, 6.07) is 7.34. The van der Waals surface area contributed by atoms with Crippen molar-refractivity contribution >= 4 is 11.6 Å². The molecule has 1 aromatic carbocycles. The van der Waals surface area contributed by atoms with Crippen molar-refractivity contribution in [3.63, 3.8) is 0 Å². The first-order chi connectivity index (χ1) is 8.70. The number of rotatable bonds is 4. The minimum absolute atomic E-state index is 0.0850. The third-order valence-electron chi connectivity index (χ3n) is 2.81. The van der Waals surface area contributed by atoms with E-state index >= 15 is 0 Å². The number of aryl methyl sites for hydroxylation is 1. The highest BCUT2D eigenvalue weighted by Gasteiger charge is 2.06. The lowest BCUT2D eigenvalue weighted by atomic mass is 10.2. The molecule has 0 atom stereocenters. The second-order valence-corrected chi connectivity index (χ2v) is 4.03. The van der Waals surface area contributed by atoms with Crippen LogP contribution in [-0.4, -0.2) is 23.2 Å². The second-order valence-electron chi connectivity index (χ2n) is 4.03. The van der Waals surface area contributed by atoms with Crippen LogP contribution in [0, 0.1) is 6.92 Å². The number of amides is 1. The number of hydrogen-bond acceptors (Lipinski definition) is 3. The normalized spacial score (nSPS) is 10.1. The molecule has 2 aromatic rings. The molecule has 18 heavy (non-hydrogen) atoms. The molecule has 0 fully saturated rings. The Labute approximate surface area is 106 Å². The Kier molecular flexibility index (Phi) is 3.62. The van der Waals surface area contributed by atoms with E-state index in [9.17, 15) is 4.79 Å². The highest BCUT2D eigenvalue weighted by atomic mass is 16.1. The van der Waals surface area contributed by atoms with Gasteiger partial charge in [0.2, 0.25) is 0 Å². The average molecular weight is 244 g/mol. The van der Waals surface area contributed by atoms with Crippen molar-refractivity contribution in [1.82, 2.24) is 15.5 Å². The molecular formula is C13H16N4O. The van der Waals surface area contributed by atoms with E-state index in [1.165, 1.54) is 0 Å². The summed E-state index contributed by atoms with van der Waals surface area (Å²) in [5.41, 5.74) is 3.60. The zero-order valence-corrected chi connectivity index (χ0v) is 10.4. The summed E-state index contributed by atoms with van der Waals surface area (Å²) in [5, 5.41) is 12.6. The van der Waals surface area contributed by atoms with E-state index in [0.717, 1.165) is 16.9 Å². The Morgan fingerprint density at radius 1 is 1.33 bits per heavy atom. The van der Waals surface area contributed by atoms with Crippen molar-refractivity contribution in [1.29, 1.82) is 0 Å². The van der Waals surface area contributed by atoms with Crippen LogP contribution in [0.25, 0.3) is 0 Å². The van der Waals surface area contributed by atoms with Gasteiger partial charge in [0.1, 0.15) is 0 Å². The Balaban J connectivity index is 1.97.